The van der Waals surface area contributed by atoms with Crippen LogP contribution in [0, 0.1) is 5.92 Å². The third-order valence-corrected chi connectivity index (χ3v) is 6.64. The highest BCUT2D eigenvalue weighted by molar-refractivity contribution is 7.91. The van der Waals surface area contributed by atoms with Crippen LogP contribution in [-0.2, 0) is 14.6 Å². The molecule has 0 saturated carbocycles. The van der Waals surface area contributed by atoms with Crippen LogP contribution in [0.3, 0.4) is 0 Å². The standard InChI is InChI=1S/C18H25NO4S/c1-2-3-4-7-10-23-17-9-6-5-8-15(17)19-16-13-24(21,22)12-14(16)11-18(19)20/h5-6,8-9,14,16H,2-4,7,10-13H2,1H3. The molecule has 2 aliphatic heterocycles. The molecule has 5 nitrogen and oxygen atoms in total. The van der Waals surface area contributed by atoms with Gasteiger partial charge in [0.2, 0.25) is 5.91 Å². The maximum atomic E-state index is 12.4. The SMILES string of the molecule is CCCCCCOc1ccccc1N1C(=O)CC2CS(=O)(=O)CC21. The van der Waals surface area contributed by atoms with Crippen molar-refractivity contribution in [3.8, 4) is 5.75 Å². The van der Waals surface area contributed by atoms with E-state index in [0.717, 1.165) is 12.8 Å². The lowest BCUT2D eigenvalue weighted by atomic mass is 10.0. The molecule has 2 heterocycles. The van der Waals surface area contributed by atoms with Gasteiger partial charge in [0, 0.05) is 12.3 Å². The molecule has 0 bridgehead atoms. The first kappa shape index (κ1) is 17.3. The number of ether oxygens (including phenoxy) is 1. The zero-order chi connectivity index (χ0) is 17.2. The van der Waals surface area contributed by atoms with E-state index in [0.29, 0.717) is 24.5 Å². The molecule has 0 aliphatic carbocycles. The largest absolute Gasteiger partial charge is 0.491 e. The Balaban J connectivity index is 1.75. The van der Waals surface area contributed by atoms with Crippen LogP contribution in [0.15, 0.2) is 24.3 Å². The van der Waals surface area contributed by atoms with E-state index in [-0.39, 0.29) is 29.4 Å². The minimum absolute atomic E-state index is 0.00179. The van der Waals surface area contributed by atoms with Gasteiger partial charge in [-0.1, -0.05) is 38.3 Å². The van der Waals surface area contributed by atoms with Gasteiger partial charge in [-0.15, -0.1) is 0 Å². The Hall–Kier alpha value is -1.56. The monoisotopic (exact) mass is 351 g/mol. The van der Waals surface area contributed by atoms with Gasteiger partial charge >= 0.3 is 0 Å². The quantitative estimate of drug-likeness (QED) is 0.709. The van der Waals surface area contributed by atoms with E-state index in [1.54, 1.807) is 4.90 Å². The van der Waals surface area contributed by atoms with Crippen LogP contribution >= 0.6 is 0 Å². The first-order chi connectivity index (χ1) is 11.5. The zero-order valence-corrected chi connectivity index (χ0v) is 14.9. The second kappa shape index (κ2) is 7.13. The number of para-hydroxylation sites is 2. The van der Waals surface area contributed by atoms with E-state index in [1.807, 2.05) is 24.3 Å². The molecular formula is C18H25NO4S. The van der Waals surface area contributed by atoms with E-state index < -0.39 is 9.84 Å². The Morgan fingerprint density at radius 3 is 2.75 bits per heavy atom. The highest BCUT2D eigenvalue weighted by atomic mass is 32.2. The van der Waals surface area contributed by atoms with E-state index >= 15 is 0 Å². The average Bonchev–Trinajstić information content (AvgIpc) is 2.97. The number of carbonyl (C=O) groups excluding carboxylic acids is 1. The highest BCUT2D eigenvalue weighted by Crippen LogP contribution is 2.40. The van der Waals surface area contributed by atoms with Gasteiger partial charge in [0.15, 0.2) is 9.84 Å². The van der Waals surface area contributed by atoms with Crippen LogP contribution in [0.25, 0.3) is 0 Å². The number of hydrogen-bond donors (Lipinski definition) is 0. The molecule has 1 amide bonds. The molecule has 2 atom stereocenters. The third kappa shape index (κ3) is 3.58. The van der Waals surface area contributed by atoms with Crippen molar-refractivity contribution < 1.29 is 17.9 Å². The van der Waals surface area contributed by atoms with Crippen molar-refractivity contribution in [2.24, 2.45) is 5.92 Å². The Kier molecular flexibility index (Phi) is 5.13. The number of anilines is 1. The number of rotatable bonds is 7. The van der Waals surface area contributed by atoms with Gasteiger partial charge in [-0.2, -0.15) is 0 Å². The molecule has 2 unspecified atom stereocenters. The van der Waals surface area contributed by atoms with Gasteiger partial charge in [0.1, 0.15) is 5.75 Å². The van der Waals surface area contributed by atoms with Crippen molar-refractivity contribution >= 4 is 21.4 Å². The van der Waals surface area contributed by atoms with Gasteiger partial charge in [-0.25, -0.2) is 8.42 Å². The Bertz CT molecular complexity index is 701. The summed E-state index contributed by atoms with van der Waals surface area (Å²) >= 11 is 0. The van der Waals surface area contributed by atoms with Crippen molar-refractivity contribution in [3.05, 3.63) is 24.3 Å². The normalized spacial score (nSPS) is 25.0. The van der Waals surface area contributed by atoms with Gasteiger partial charge < -0.3 is 9.64 Å². The summed E-state index contributed by atoms with van der Waals surface area (Å²) in [5.41, 5.74) is 0.711. The lowest BCUT2D eigenvalue weighted by molar-refractivity contribution is -0.117. The third-order valence-electron chi connectivity index (χ3n) is 4.85. The lowest BCUT2D eigenvalue weighted by Gasteiger charge is -2.25. The van der Waals surface area contributed by atoms with Crippen LogP contribution in [0.1, 0.15) is 39.0 Å². The molecule has 0 aromatic heterocycles. The Morgan fingerprint density at radius 1 is 1.17 bits per heavy atom. The maximum Gasteiger partial charge on any atom is 0.227 e. The fraction of sp³-hybridized carbons (Fsp3) is 0.611. The molecular weight excluding hydrogens is 326 g/mol. The summed E-state index contributed by atoms with van der Waals surface area (Å²) in [6, 6.07) is 7.22. The average molecular weight is 351 g/mol. The molecule has 6 heteroatoms. The van der Waals surface area contributed by atoms with E-state index in [4.69, 9.17) is 4.74 Å². The van der Waals surface area contributed by atoms with Crippen molar-refractivity contribution in [1.82, 2.24) is 0 Å². The maximum absolute atomic E-state index is 12.4. The van der Waals surface area contributed by atoms with Crippen molar-refractivity contribution in [1.29, 1.82) is 0 Å². The number of carbonyl (C=O) groups is 1. The van der Waals surface area contributed by atoms with Gasteiger partial charge in [0.25, 0.3) is 0 Å². The summed E-state index contributed by atoms with van der Waals surface area (Å²) in [5, 5.41) is 0. The van der Waals surface area contributed by atoms with E-state index in [9.17, 15) is 13.2 Å². The molecule has 1 aromatic rings. The van der Waals surface area contributed by atoms with Crippen molar-refractivity contribution in [2.75, 3.05) is 23.0 Å². The molecule has 0 radical (unpaired) electrons. The highest BCUT2D eigenvalue weighted by Gasteiger charge is 2.49. The summed E-state index contributed by atoms with van der Waals surface area (Å²) in [7, 11) is -3.04. The fourth-order valence-corrected chi connectivity index (χ4v) is 5.76. The van der Waals surface area contributed by atoms with Crippen LogP contribution in [0.2, 0.25) is 0 Å². The number of unbranched alkanes of at least 4 members (excludes halogenated alkanes) is 3. The Labute approximate surface area is 143 Å². The zero-order valence-electron chi connectivity index (χ0n) is 14.1. The predicted octanol–water partition coefficient (Wildman–Crippen LogP) is 2.80. The van der Waals surface area contributed by atoms with E-state index in [1.165, 1.54) is 12.8 Å². The first-order valence-electron chi connectivity index (χ1n) is 8.76. The second-order valence-corrected chi connectivity index (χ2v) is 8.90. The number of fused-ring (bicyclic) bond motifs is 1. The van der Waals surface area contributed by atoms with Crippen LogP contribution in [-0.4, -0.2) is 38.5 Å². The first-order valence-corrected chi connectivity index (χ1v) is 10.6. The summed E-state index contributed by atoms with van der Waals surface area (Å²) in [6.45, 7) is 2.78. The smallest absolute Gasteiger partial charge is 0.227 e. The molecule has 3 rings (SSSR count). The molecule has 24 heavy (non-hydrogen) atoms. The second-order valence-electron chi connectivity index (χ2n) is 6.75. The number of amides is 1. The number of nitrogens with zero attached hydrogens (tertiary/aromatic N) is 1. The summed E-state index contributed by atoms with van der Waals surface area (Å²) < 4.78 is 29.7. The summed E-state index contributed by atoms with van der Waals surface area (Å²) in [5.74, 6) is 0.781. The Morgan fingerprint density at radius 2 is 1.96 bits per heavy atom. The van der Waals surface area contributed by atoms with Gasteiger partial charge in [-0.05, 0) is 18.6 Å². The van der Waals surface area contributed by atoms with Crippen molar-refractivity contribution in [3.63, 3.8) is 0 Å². The number of benzene rings is 1. The van der Waals surface area contributed by atoms with Gasteiger partial charge in [-0.3, -0.25) is 4.79 Å². The molecule has 0 N–H and O–H groups in total. The van der Waals surface area contributed by atoms with Crippen molar-refractivity contribution in [2.45, 2.75) is 45.1 Å². The van der Waals surface area contributed by atoms with Crippen LogP contribution in [0.4, 0.5) is 5.69 Å². The van der Waals surface area contributed by atoms with Crippen LogP contribution < -0.4 is 9.64 Å². The minimum Gasteiger partial charge on any atom is -0.491 e. The van der Waals surface area contributed by atoms with Gasteiger partial charge in [0.05, 0.1) is 29.8 Å². The molecule has 1 aromatic carbocycles. The number of sulfone groups is 1. The minimum atomic E-state index is -3.04. The lowest BCUT2D eigenvalue weighted by Crippen LogP contribution is -2.36. The molecule has 132 valence electrons. The fourth-order valence-electron chi connectivity index (χ4n) is 3.69. The molecule has 2 aliphatic rings. The van der Waals surface area contributed by atoms with Crippen LogP contribution in [0.5, 0.6) is 5.75 Å². The molecule has 0 spiro atoms. The molecule has 2 fully saturated rings. The summed E-state index contributed by atoms with van der Waals surface area (Å²) in [6.07, 6.45) is 4.79. The summed E-state index contributed by atoms with van der Waals surface area (Å²) in [4.78, 5) is 14.1. The molecule has 2 saturated heterocycles. The number of hydrogen-bond acceptors (Lipinski definition) is 4. The topological polar surface area (TPSA) is 63.7 Å². The predicted molar refractivity (Wildman–Crippen MR) is 94.1 cm³/mol. The van der Waals surface area contributed by atoms with E-state index in [2.05, 4.69) is 6.92 Å².